The first kappa shape index (κ1) is 13.8. The van der Waals surface area contributed by atoms with Crippen molar-refractivity contribution in [3.05, 3.63) is 0 Å². The third kappa shape index (κ3) is 2.21. The third-order valence-corrected chi connectivity index (χ3v) is 113. The monoisotopic (exact) mass is 344 g/mol. The normalized spacial score (nSPS) is 32.6. The van der Waals surface area contributed by atoms with Gasteiger partial charge in [0.2, 0.25) is 0 Å². The molecule has 0 saturated carbocycles. The number of hydrogen-bond acceptors (Lipinski definition) is 1. The van der Waals surface area contributed by atoms with Crippen LogP contribution in [-0.4, -0.2) is 39.6 Å². The second kappa shape index (κ2) is 3.61. The Morgan fingerprint density at radius 1 is 0.643 bits per heavy atom. The Balaban J connectivity index is 3.07. The number of hydrogen-bond donors (Lipinski definition) is 0. The summed E-state index contributed by atoms with van der Waals surface area (Å²) in [6.07, 6.45) is -1.56. The second-order valence-electron chi connectivity index (χ2n) is 6.25. The Morgan fingerprint density at radius 2 is 0.929 bits per heavy atom. The predicted molar refractivity (Wildman–Crippen MR) is 83.3 cm³/mol. The van der Waals surface area contributed by atoms with Crippen LogP contribution in [0, 0.1) is 0 Å². The molecule has 1 aliphatic rings. The van der Waals surface area contributed by atoms with Crippen LogP contribution >= 0.6 is 10.7 Å². The maximum atomic E-state index is 2.70. The Labute approximate surface area is 102 Å². The molecule has 0 bridgehead atoms. The van der Waals surface area contributed by atoms with Crippen molar-refractivity contribution >= 4 is 50.2 Å². The van der Waals surface area contributed by atoms with Crippen LogP contribution in [0.25, 0.3) is 0 Å². The van der Waals surface area contributed by atoms with Gasteiger partial charge in [0.25, 0.3) is 0 Å². The minimum absolute atomic E-state index is 0.782. The van der Waals surface area contributed by atoms with Crippen molar-refractivity contribution in [2.75, 3.05) is 0 Å². The molecule has 0 radical (unpaired) electrons. The zero-order chi connectivity index (χ0) is 11.4. The summed E-state index contributed by atoms with van der Waals surface area (Å²) in [7, 11) is 2.58. The van der Waals surface area contributed by atoms with E-state index in [4.69, 9.17) is 0 Å². The first-order valence-electron chi connectivity index (χ1n) is 5.32. The van der Waals surface area contributed by atoms with Crippen molar-refractivity contribution in [1.29, 1.82) is 0 Å². The molecule has 0 aromatic rings. The second-order valence-corrected chi connectivity index (χ2v) is 66.7. The van der Waals surface area contributed by atoms with E-state index in [1.165, 1.54) is 0 Å². The number of rotatable bonds is 0. The van der Waals surface area contributed by atoms with Crippen LogP contribution in [0.4, 0.5) is 0 Å². The summed E-state index contributed by atoms with van der Waals surface area (Å²) < 4.78 is 0. The van der Waals surface area contributed by atoms with Gasteiger partial charge in [-0.15, -0.1) is 0 Å². The van der Waals surface area contributed by atoms with Crippen molar-refractivity contribution in [2.45, 2.75) is 52.4 Å². The summed E-state index contributed by atoms with van der Waals surface area (Å²) in [5.41, 5.74) is 0. The Hall–Kier alpha value is 1.74. The zero-order valence-corrected chi connectivity index (χ0v) is 17.3. The molecule has 0 nitrogen and oxygen atoms in total. The van der Waals surface area contributed by atoms with Gasteiger partial charge in [-0.2, -0.15) is 0 Å². The molecular formula is C8H24SSeSi4. The van der Waals surface area contributed by atoms with E-state index in [1.54, 1.807) is 0 Å². The molecule has 0 atom stereocenters. The van der Waals surface area contributed by atoms with Crippen molar-refractivity contribution in [3.8, 4) is 0 Å². The van der Waals surface area contributed by atoms with Gasteiger partial charge in [-0.25, -0.2) is 0 Å². The van der Waals surface area contributed by atoms with E-state index in [1.807, 2.05) is 0 Å². The van der Waals surface area contributed by atoms with E-state index < -0.39 is 25.9 Å². The van der Waals surface area contributed by atoms with Gasteiger partial charge in [0, 0.05) is 0 Å². The van der Waals surface area contributed by atoms with Gasteiger partial charge in [-0.1, -0.05) is 0 Å². The van der Waals surface area contributed by atoms with Crippen LogP contribution in [0.1, 0.15) is 0 Å². The summed E-state index contributed by atoms with van der Waals surface area (Å²) in [6.45, 7) is 19.8. The molecular weight excluding hydrogens is 319 g/mol. The molecule has 1 heterocycles. The summed E-state index contributed by atoms with van der Waals surface area (Å²) in [6, 6.07) is 0. The molecule has 0 N–H and O–H groups in total. The molecule has 1 rings (SSSR count). The molecule has 0 amide bonds. The molecule has 6 heteroatoms. The van der Waals surface area contributed by atoms with Crippen molar-refractivity contribution in [2.24, 2.45) is 0 Å². The van der Waals surface area contributed by atoms with E-state index in [9.17, 15) is 0 Å². The topological polar surface area (TPSA) is 0 Å². The van der Waals surface area contributed by atoms with Crippen LogP contribution in [0.3, 0.4) is 0 Å². The predicted octanol–water partition coefficient (Wildman–Crippen LogP) is 3.41. The standard InChI is InChI=1S/C8H24SSeSi4/c1-11(2)9-12(3,4)14(7,8)10-13(11,5)6/h1-8H3. The molecule has 0 aromatic carbocycles. The average Bonchev–Trinajstić information content (AvgIpc) is 1.78. The molecule has 14 heavy (non-hydrogen) atoms. The minimum atomic E-state index is -0.863. The zero-order valence-electron chi connectivity index (χ0n) is 10.8. The first-order valence-corrected chi connectivity index (χ1v) is 26.5. The van der Waals surface area contributed by atoms with Crippen molar-refractivity contribution < 1.29 is 0 Å². The summed E-state index contributed by atoms with van der Waals surface area (Å²) in [4.78, 5) is 0. The van der Waals surface area contributed by atoms with Crippen LogP contribution in [0.15, 0.2) is 0 Å². The molecule has 1 aliphatic heterocycles. The van der Waals surface area contributed by atoms with Gasteiger partial charge in [0.1, 0.15) is 0 Å². The fourth-order valence-electron chi connectivity index (χ4n) is 1.77. The van der Waals surface area contributed by atoms with E-state index in [-0.39, 0.29) is 0 Å². The molecule has 0 aliphatic carbocycles. The SMILES string of the molecule is C[Si]1(C)S[Si](C)(C)[Si](C)(C)[Se][Si]1(C)C. The molecule has 84 valence electrons. The van der Waals surface area contributed by atoms with Gasteiger partial charge in [0.05, 0.1) is 0 Å². The average molecular weight is 344 g/mol. The van der Waals surface area contributed by atoms with Gasteiger partial charge < -0.3 is 0 Å². The quantitative estimate of drug-likeness (QED) is 0.607. The molecule has 0 unspecified atom stereocenters. The van der Waals surface area contributed by atoms with Crippen molar-refractivity contribution in [1.82, 2.24) is 0 Å². The van der Waals surface area contributed by atoms with E-state index in [2.05, 4.69) is 63.0 Å². The molecule has 1 saturated heterocycles. The first-order chi connectivity index (χ1) is 5.91. The fourth-order valence-corrected chi connectivity index (χ4v) is 172. The van der Waals surface area contributed by atoms with E-state index >= 15 is 0 Å². The van der Waals surface area contributed by atoms with Gasteiger partial charge in [0.15, 0.2) is 0 Å². The Morgan fingerprint density at radius 3 is 1.14 bits per heavy atom. The van der Waals surface area contributed by atoms with Crippen LogP contribution in [0.5, 0.6) is 0 Å². The van der Waals surface area contributed by atoms with Gasteiger partial charge in [-0.3, -0.25) is 0 Å². The van der Waals surface area contributed by atoms with Crippen LogP contribution in [-0.2, 0) is 0 Å². The third-order valence-electron chi connectivity index (χ3n) is 3.92. The Kier molecular flexibility index (Phi) is 3.56. The van der Waals surface area contributed by atoms with Gasteiger partial charge in [-0.05, 0) is 0 Å². The molecule has 0 aromatic heterocycles. The molecule has 1 fully saturated rings. The van der Waals surface area contributed by atoms with Crippen molar-refractivity contribution in [3.63, 3.8) is 0 Å². The van der Waals surface area contributed by atoms with Gasteiger partial charge >= 0.3 is 103 Å². The summed E-state index contributed by atoms with van der Waals surface area (Å²) in [5, 5.41) is 0. The van der Waals surface area contributed by atoms with E-state index in [0.717, 1.165) is 13.7 Å². The summed E-state index contributed by atoms with van der Waals surface area (Å²) in [5.74, 6) is 0. The maximum absolute atomic E-state index is 2.70. The van der Waals surface area contributed by atoms with E-state index in [0.29, 0.717) is 0 Å². The molecule has 0 spiro atoms. The Bertz CT molecular complexity index is 200. The summed E-state index contributed by atoms with van der Waals surface area (Å²) >= 11 is 1.09. The van der Waals surface area contributed by atoms with Crippen LogP contribution in [0.2, 0.25) is 52.4 Å². The van der Waals surface area contributed by atoms with Crippen LogP contribution < -0.4 is 0 Å². The fraction of sp³-hybridized carbons (Fsp3) is 1.00.